The lowest BCUT2D eigenvalue weighted by Crippen LogP contribution is -2.46. The number of hydrogen-bond acceptors (Lipinski definition) is 3. The molecule has 6 nitrogen and oxygen atoms in total. The molecule has 0 aromatic heterocycles. The van der Waals surface area contributed by atoms with E-state index in [9.17, 15) is 4.79 Å². The molecule has 0 bridgehead atoms. The molecule has 0 saturated heterocycles. The normalized spacial score (nSPS) is 16.9. The zero-order chi connectivity index (χ0) is 15.7. The minimum atomic E-state index is -0.253. The average Bonchev–Trinajstić information content (AvgIpc) is 2.95. The number of hydrogen-bond donors (Lipinski definition) is 3. The van der Waals surface area contributed by atoms with Crippen molar-refractivity contribution >= 4 is 11.9 Å². The van der Waals surface area contributed by atoms with Crippen molar-refractivity contribution in [2.24, 2.45) is 4.99 Å². The largest absolute Gasteiger partial charge is 0.377 e. The van der Waals surface area contributed by atoms with Crippen LogP contribution in [-0.4, -0.2) is 50.8 Å². The Bertz CT molecular complexity index is 350. The first-order valence-electron chi connectivity index (χ1n) is 7.76. The third-order valence-electron chi connectivity index (χ3n) is 3.82. The molecule has 1 aliphatic rings. The Morgan fingerprint density at radius 1 is 1.29 bits per heavy atom. The number of carbonyl (C=O) groups is 1. The quantitative estimate of drug-likeness (QED) is 0.485. The van der Waals surface area contributed by atoms with E-state index in [0.717, 1.165) is 12.8 Å². The van der Waals surface area contributed by atoms with Crippen LogP contribution in [0.1, 0.15) is 46.0 Å². The van der Waals surface area contributed by atoms with Crippen molar-refractivity contribution in [2.75, 3.05) is 27.2 Å². The highest BCUT2D eigenvalue weighted by Crippen LogP contribution is 2.17. The van der Waals surface area contributed by atoms with Gasteiger partial charge in [-0.05, 0) is 26.7 Å². The van der Waals surface area contributed by atoms with Gasteiger partial charge in [-0.25, -0.2) is 0 Å². The van der Waals surface area contributed by atoms with Crippen molar-refractivity contribution in [3.05, 3.63) is 0 Å². The third kappa shape index (κ3) is 7.32. The molecule has 1 aliphatic carbocycles. The van der Waals surface area contributed by atoms with Crippen LogP contribution in [0.25, 0.3) is 0 Å². The van der Waals surface area contributed by atoms with Crippen LogP contribution in [0.5, 0.6) is 0 Å². The van der Waals surface area contributed by atoms with E-state index in [4.69, 9.17) is 4.74 Å². The van der Waals surface area contributed by atoms with Crippen LogP contribution in [0.4, 0.5) is 0 Å². The second-order valence-electron chi connectivity index (χ2n) is 6.12. The van der Waals surface area contributed by atoms with E-state index in [-0.39, 0.29) is 11.5 Å². The zero-order valence-corrected chi connectivity index (χ0v) is 13.8. The van der Waals surface area contributed by atoms with E-state index in [1.165, 1.54) is 12.8 Å². The Hall–Kier alpha value is -1.30. The van der Waals surface area contributed by atoms with Gasteiger partial charge in [-0.15, -0.1) is 0 Å². The van der Waals surface area contributed by atoms with Crippen molar-refractivity contribution in [3.8, 4) is 0 Å². The summed E-state index contributed by atoms with van der Waals surface area (Å²) in [6, 6.07) is 0.387. The summed E-state index contributed by atoms with van der Waals surface area (Å²) in [6.07, 6.45) is 5.16. The van der Waals surface area contributed by atoms with Gasteiger partial charge in [0.05, 0.1) is 5.60 Å². The summed E-state index contributed by atoms with van der Waals surface area (Å²) >= 11 is 0. The standard InChI is InChI=1S/C15H30N4O2/c1-15(2,21-4)11-18-14(16-3)17-10-9-13(20)19-12-7-5-6-8-12/h12H,5-11H2,1-4H3,(H,19,20)(H2,16,17,18). The predicted molar refractivity (Wildman–Crippen MR) is 85.5 cm³/mol. The number of aliphatic imine (C=N–C) groups is 1. The fourth-order valence-electron chi connectivity index (χ4n) is 2.25. The molecule has 1 amide bonds. The molecule has 0 unspecified atom stereocenters. The summed E-state index contributed by atoms with van der Waals surface area (Å²) in [4.78, 5) is 15.9. The fraction of sp³-hybridized carbons (Fsp3) is 0.867. The minimum Gasteiger partial charge on any atom is -0.377 e. The number of carbonyl (C=O) groups excluding carboxylic acids is 1. The van der Waals surface area contributed by atoms with Crippen LogP contribution in [-0.2, 0) is 9.53 Å². The Morgan fingerprint density at radius 3 is 2.52 bits per heavy atom. The van der Waals surface area contributed by atoms with E-state index in [1.54, 1.807) is 14.2 Å². The summed E-state index contributed by atoms with van der Waals surface area (Å²) in [5.41, 5.74) is -0.253. The van der Waals surface area contributed by atoms with Gasteiger partial charge in [-0.1, -0.05) is 12.8 Å². The molecule has 0 aromatic carbocycles. The molecule has 0 aromatic rings. The second-order valence-corrected chi connectivity index (χ2v) is 6.12. The van der Waals surface area contributed by atoms with Gasteiger partial charge in [0.1, 0.15) is 0 Å². The van der Waals surface area contributed by atoms with E-state index in [0.29, 0.717) is 31.5 Å². The second kappa shape index (κ2) is 8.87. The van der Waals surface area contributed by atoms with Crippen molar-refractivity contribution in [3.63, 3.8) is 0 Å². The van der Waals surface area contributed by atoms with Gasteiger partial charge in [-0.3, -0.25) is 9.79 Å². The first-order chi connectivity index (χ1) is 9.96. The van der Waals surface area contributed by atoms with Crippen molar-refractivity contribution < 1.29 is 9.53 Å². The molecule has 122 valence electrons. The molecule has 1 fully saturated rings. The maximum Gasteiger partial charge on any atom is 0.221 e. The topological polar surface area (TPSA) is 74.8 Å². The minimum absolute atomic E-state index is 0.113. The fourth-order valence-corrected chi connectivity index (χ4v) is 2.25. The highest BCUT2D eigenvalue weighted by Gasteiger charge is 2.18. The van der Waals surface area contributed by atoms with Gasteiger partial charge in [0, 0.05) is 39.7 Å². The summed E-state index contributed by atoms with van der Waals surface area (Å²) in [6.45, 7) is 5.23. The zero-order valence-electron chi connectivity index (χ0n) is 13.8. The SMILES string of the molecule is CN=C(NCCC(=O)NC1CCCC1)NCC(C)(C)OC. The molecule has 1 saturated carbocycles. The lowest BCUT2D eigenvalue weighted by Gasteiger charge is -2.24. The smallest absolute Gasteiger partial charge is 0.221 e. The molecule has 0 atom stereocenters. The summed E-state index contributed by atoms with van der Waals surface area (Å²) in [7, 11) is 3.40. The highest BCUT2D eigenvalue weighted by atomic mass is 16.5. The molecule has 3 N–H and O–H groups in total. The van der Waals surface area contributed by atoms with E-state index >= 15 is 0 Å². The summed E-state index contributed by atoms with van der Waals surface area (Å²) in [5, 5.41) is 9.41. The van der Waals surface area contributed by atoms with Crippen LogP contribution >= 0.6 is 0 Å². The molecular weight excluding hydrogens is 268 g/mol. The lowest BCUT2D eigenvalue weighted by atomic mass is 10.1. The van der Waals surface area contributed by atoms with E-state index in [1.807, 2.05) is 13.8 Å². The average molecular weight is 298 g/mol. The van der Waals surface area contributed by atoms with Crippen LogP contribution in [0, 0.1) is 0 Å². The van der Waals surface area contributed by atoms with Crippen molar-refractivity contribution in [2.45, 2.75) is 57.6 Å². The number of methoxy groups -OCH3 is 1. The van der Waals surface area contributed by atoms with Gasteiger partial charge in [0.25, 0.3) is 0 Å². The number of guanidine groups is 1. The monoisotopic (exact) mass is 298 g/mol. The Kier molecular flexibility index (Phi) is 7.50. The van der Waals surface area contributed by atoms with Crippen LogP contribution < -0.4 is 16.0 Å². The molecule has 0 spiro atoms. The molecule has 1 rings (SSSR count). The first-order valence-corrected chi connectivity index (χ1v) is 7.76. The van der Waals surface area contributed by atoms with Crippen molar-refractivity contribution in [1.82, 2.24) is 16.0 Å². The molecule has 6 heteroatoms. The van der Waals surface area contributed by atoms with Gasteiger partial charge in [0.2, 0.25) is 5.91 Å². The molecule has 0 aliphatic heterocycles. The van der Waals surface area contributed by atoms with Gasteiger partial charge >= 0.3 is 0 Å². The predicted octanol–water partition coefficient (Wildman–Crippen LogP) is 1.03. The van der Waals surface area contributed by atoms with Gasteiger partial charge < -0.3 is 20.7 Å². The number of nitrogens with one attached hydrogen (secondary N) is 3. The summed E-state index contributed by atoms with van der Waals surface area (Å²) in [5.74, 6) is 0.802. The number of amides is 1. The summed E-state index contributed by atoms with van der Waals surface area (Å²) < 4.78 is 5.34. The molecular formula is C15H30N4O2. The third-order valence-corrected chi connectivity index (χ3v) is 3.82. The van der Waals surface area contributed by atoms with Crippen molar-refractivity contribution in [1.29, 1.82) is 0 Å². The first kappa shape index (κ1) is 17.8. The van der Waals surface area contributed by atoms with Gasteiger partial charge in [0.15, 0.2) is 5.96 Å². The number of ether oxygens (including phenoxy) is 1. The number of nitrogens with zero attached hydrogens (tertiary/aromatic N) is 1. The lowest BCUT2D eigenvalue weighted by molar-refractivity contribution is -0.121. The highest BCUT2D eigenvalue weighted by molar-refractivity contribution is 5.81. The van der Waals surface area contributed by atoms with Crippen LogP contribution in [0.15, 0.2) is 4.99 Å². The Balaban J connectivity index is 2.18. The molecule has 0 heterocycles. The Labute approximate surface area is 128 Å². The molecule has 0 radical (unpaired) electrons. The maximum atomic E-state index is 11.8. The van der Waals surface area contributed by atoms with Gasteiger partial charge in [-0.2, -0.15) is 0 Å². The van der Waals surface area contributed by atoms with E-state index < -0.39 is 0 Å². The van der Waals surface area contributed by atoms with E-state index in [2.05, 4.69) is 20.9 Å². The van der Waals surface area contributed by atoms with Crippen LogP contribution in [0.2, 0.25) is 0 Å². The maximum absolute atomic E-state index is 11.8. The molecule has 21 heavy (non-hydrogen) atoms. The Morgan fingerprint density at radius 2 is 1.95 bits per heavy atom. The van der Waals surface area contributed by atoms with Crippen LogP contribution in [0.3, 0.4) is 0 Å². The number of rotatable bonds is 7.